The lowest BCUT2D eigenvalue weighted by Crippen LogP contribution is -2.51. The first-order valence-electron chi connectivity index (χ1n) is 20.3. The van der Waals surface area contributed by atoms with E-state index in [0.717, 1.165) is 63.7 Å². The van der Waals surface area contributed by atoms with Gasteiger partial charge in [-0.3, -0.25) is 34.3 Å². The van der Waals surface area contributed by atoms with Gasteiger partial charge in [0.05, 0.1) is 11.2 Å². The van der Waals surface area contributed by atoms with Crippen LogP contribution in [-0.2, 0) is 40.8 Å². The minimum atomic E-state index is -2.78. The number of rotatable bonds is 13. The molecule has 11 nitrogen and oxygen atoms in total. The van der Waals surface area contributed by atoms with Gasteiger partial charge in [0.25, 0.3) is 17.9 Å². The number of pyridine rings is 2. The molecule has 1 saturated heterocycles. The third-order valence-electron chi connectivity index (χ3n) is 11.5. The molecule has 0 saturated carbocycles. The molecule has 310 valence electrons. The van der Waals surface area contributed by atoms with E-state index in [1.54, 1.807) is 36.7 Å². The fourth-order valence-electron chi connectivity index (χ4n) is 8.36. The van der Waals surface area contributed by atoms with Crippen LogP contribution in [0.3, 0.4) is 0 Å². The van der Waals surface area contributed by atoms with Crippen LogP contribution in [0, 0.1) is 13.8 Å². The predicted molar refractivity (Wildman–Crippen MR) is 228 cm³/mol. The summed E-state index contributed by atoms with van der Waals surface area (Å²) in [7, 11) is 1.77. The van der Waals surface area contributed by atoms with E-state index < -0.39 is 24.3 Å². The van der Waals surface area contributed by atoms with Crippen molar-refractivity contribution in [2.75, 3.05) is 18.0 Å². The Labute approximate surface area is 347 Å². The summed E-state index contributed by atoms with van der Waals surface area (Å²) in [6, 6.07) is 17.5. The van der Waals surface area contributed by atoms with E-state index in [9.17, 15) is 32.8 Å². The Balaban J connectivity index is 1.08. The van der Waals surface area contributed by atoms with Crippen LogP contribution in [0.5, 0.6) is 0 Å². The molecule has 0 bridgehead atoms. The lowest BCUT2D eigenvalue weighted by Gasteiger charge is -2.34. The van der Waals surface area contributed by atoms with E-state index in [2.05, 4.69) is 39.6 Å². The first-order chi connectivity index (χ1) is 28.9. The number of amides is 4. The molecule has 0 spiro atoms. The predicted octanol–water partition coefficient (Wildman–Crippen LogP) is 7.40. The van der Waals surface area contributed by atoms with Crippen LogP contribution in [0.1, 0.15) is 88.5 Å². The second kappa shape index (κ2) is 17.8. The first-order valence-corrected chi connectivity index (χ1v) is 20.3. The van der Waals surface area contributed by atoms with Crippen molar-refractivity contribution >= 4 is 52.5 Å². The van der Waals surface area contributed by atoms with Crippen molar-refractivity contribution in [1.29, 1.82) is 0 Å². The Morgan fingerprint density at radius 3 is 2.57 bits per heavy atom. The molecule has 2 N–H and O–H groups in total. The molecule has 4 amide bonds. The molecule has 7 rings (SSSR count). The summed E-state index contributed by atoms with van der Waals surface area (Å²) in [6.45, 7) is 6.75. The van der Waals surface area contributed by atoms with Crippen molar-refractivity contribution in [3.05, 3.63) is 128 Å². The van der Waals surface area contributed by atoms with Crippen LogP contribution in [0.25, 0.3) is 28.1 Å². The average Bonchev–Trinajstić information content (AvgIpc) is 3.24. The monoisotopic (exact) mass is 814 g/mol. The Hall–Kier alpha value is -6.50. The molecule has 1 unspecified atom stereocenters. The van der Waals surface area contributed by atoms with Gasteiger partial charge in [0.15, 0.2) is 0 Å². The van der Waals surface area contributed by atoms with Gasteiger partial charge in [0, 0.05) is 67.1 Å². The van der Waals surface area contributed by atoms with Crippen LogP contribution in [0.2, 0.25) is 0 Å². The van der Waals surface area contributed by atoms with Gasteiger partial charge in [0.2, 0.25) is 18.2 Å². The highest BCUT2D eigenvalue weighted by atomic mass is 19.3. The van der Waals surface area contributed by atoms with Crippen LogP contribution in [0.15, 0.2) is 77.7 Å². The molecule has 1 atom stereocenters. The molecule has 2 aromatic heterocycles. The number of hydrogen-bond acceptors (Lipinski definition) is 7. The van der Waals surface area contributed by atoms with E-state index in [0.29, 0.717) is 41.8 Å². The number of aryl methyl sites for hydroxylation is 5. The Morgan fingerprint density at radius 1 is 1.03 bits per heavy atom. The summed E-state index contributed by atoms with van der Waals surface area (Å²) in [5.74, 6) is -1.30. The fraction of sp³-hybridized carbons (Fsp3) is 0.319. The van der Waals surface area contributed by atoms with Gasteiger partial charge in [-0.15, -0.1) is 0 Å². The average molecular weight is 815 g/mol. The number of fused-ring (bicyclic) bond motifs is 2. The highest BCUT2D eigenvalue weighted by Crippen LogP contribution is 2.43. The summed E-state index contributed by atoms with van der Waals surface area (Å²) in [5.41, 5.74) is 8.32. The summed E-state index contributed by atoms with van der Waals surface area (Å²) >= 11 is 0. The van der Waals surface area contributed by atoms with Crippen LogP contribution < -0.4 is 21.1 Å². The molecule has 2 aliphatic rings. The zero-order valence-electron chi connectivity index (χ0n) is 34.2. The molecule has 1 fully saturated rings. The van der Waals surface area contributed by atoms with Gasteiger partial charge in [-0.1, -0.05) is 49.8 Å². The normalized spacial score (nSPS) is 15.4. The lowest BCUT2D eigenvalue weighted by atomic mass is 9.91. The molecule has 2 aliphatic heterocycles. The maximum absolute atomic E-state index is 14.9. The molecule has 13 heteroatoms. The number of carbonyl (C=O) groups excluding carboxylic acids is 4. The number of hydrogen-bond donors (Lipinski definition) is 2. The van der Waals surface area contributed by atoms with Crippen molar-refractivity contribution in [3.8, 4) is 11.1 Å². The van der Waals surface area contributed by atoms with Crippen molar-refractivity contribution in [1.82, 2.24) is 25.1 Å². The zero-order chi connectivity index (χ0) is 42.7. The van der Waals surface area contributed by atoms with Gasteiger partial charge in [-0.25, -0.2) is 8.78 Å². The van der Waals surface area contributed by atoms with Crippen molar-refractivity contribution in [3.63, 3.8) is 0 Å². The van der Waals surface area contributed by atoms with E-state index in [1.165, 1.54) is 17.2 Å². The Kier molecular flexibility index (Phi) is 12.3. The molecular formula is C47H48F2N6O5. The number of benzene rings is 3. The van der Waals surface area contributed by atoms with Gasteiger partial charge in [-0.05, 0) is 109 Å². The number of imide groups is 1. The molecule has 5 aromatic rings. The SMILES string of the molecule is CCCc1cc(N2CCCc3cc(-c4ccc(C(=O)NC/C=C/c5cccc(C)c5CN(C=O)C5CCC(=O)NC5=O)nc4)c(C(F)F)cc32)c2cc(C)c(=O)n(C)c2c1. The number of piperidine rings is 1. The number of aromatic nitrogens is 2. The standard InChI is InChI=1S/C47H48F2N6O5/c1-5-9-30-21-41-36(20-29(3)47(60)53(41)4)42(22-30)55-19-8-13-32-23-34(35(44(48)49)24-40(32)55)33-14-15-38(51-25-33)45(58)50-18-7-12-31-11-6-10-28(2)37(31)26-54(27-56)39-16-17-43(57)52-46(39)59/h6-7,10-12,14-15,20-25,27,39,44H,5,8-9,13,16-19,26H2,1-4H3,(H,50,58)(H,52,57,59)/b12-7+. The third-order valence-corrected chi connectivity index (χ3v) is 11.5. The molecule has 3 aromatic carbocycles. The number of carbonyl (C=O) groups is 4. The van der Waals surface area contributed by atoms with Crippen LogP contribution >= 0.6 is 0 Å². The summed E-state index contributed by atoms with van der Waals surface area (Å²) in [6.07, 6.45) is 6.52. The van der Waals surface area contributed by atoms with Crippen molar-refractivity contribution in [2.45, 2.75) is 78.3 Å². The maximum Gasteiger partial charge on any atom is 0.270 e. The topological polar surface area (TPSA) is 134 Å². The number of nitrogens with one attached hydrogen (secondary N) is 2. The second-order valence-corrected chi connectivity index (χ2v) is 15.5. The van der Waals surface area contributed by atoms with Crippen molar-refractivity contribution < 1.29 is 28.0 Å². The van der Waals surface area contributed by atoms with Crippen molar-refractivity contribution in [2.24, 2.45) is 7.05 Å². The largest absolute Gasteiger partial charge is 0.347 e. The molecule has 0 aliphatic carbocycles. The van der Waals surface area contributed by atoms with Crippen LogP contribution in [0.4, 0.5) is 20.2 Å². The maximum atomic E-state index is 14.9. The molecule has 4 heterocycles. The first kappa shape index (κ1) is 41.7. The number of alkyl halides is 2. The highest BCUT2D eigenvalue weighted by molar-refractivity contribution is 6.01. The van der Waals surface area contributed by atoms with Gasteiger partial charge in [0.1, 0.15) is 11.7 Å². The quantitative estimate of drug-likeness (QED) is 0.0936. The Bertz CT molecular complexity index is 2580. The number of nitrogens with zero attached hydrogens (tertiary/aromatic N) is 4. The van der Waals surface area contributed by atoms with E-state index >= 15 is 0 Å². The lowest BCUT2D eigenvalue weighted by molar-refractivity contribution is -0.141. The smallest absolute Gasteiger partial charge is 0.270 e. The van der Waals surface area contributed by atoms with Gasteiger partial charge >= 0.3 is 0 Å². The van der Waals surface area contributed by atoms with E-state index in [1.807, 2.05) is 43.3 Å². The summed E-state index contributed by atoms with van der Waals surface area (Å²) in [4.78, 5) is 70.0. The van der Waals surface area contributed by atoms with Crippen LogP contribution in [-0.4, -0.2) is 57.7 Å². The third kappa shape index (κ3) is 8.47. The van der Waals surface area contributed by atoms with E-state index in [-0.39, 0.29) is 48.7 Å². The molecule has 60 heavy (non-hydrogen) atoms. The number of anilines is 2. The van der Waals surface area contributed by atoms with E-state index in [4.69, 9.17) is 0 Å². The number of halogens is 2. The fourth-order valence-corrected chi connectivity index (χ4v) is 8.36. The highest BCUT2D eigenvalue weighted by Gasteiger charge is 2.32. The minimum Gasteiger partial charge on any atom is -0.347 e. The summed E-state index contributed by atoms with van der Waals surface area (Å²) < 4.78 is 31.5. The minimum absolute atomic E-state index is 0.0671. The Morgan fingerprint density at radius 2 is 1.85 bits per heavy atom. The zero-order valence-corrected chi connectivity index (χ0v) is 34.2. The van der Waals surface area contributed by atoms with Gasteiger partial charge in [-0.2, -0.15) is 0 Å². The summed E-state index contributed by atoms with van der Waals surface area (Å²) in [5, 5.41) is 6.01. The molecular weight excluding hydrogens is 767 g/mol. The molecule has 0 radical (unpaired) electrons. The van der Waals surface area contributed by atoms with Gasteiger partial charge < -0.3 is 19.7 Å². The second-order valence-electron chi connectivity index (χ2n) is 15.5.